The lowest BCUT2D eigenvalue weighted by Crippen LogP contribution is -2.10. The first-order valence-electron chi connectivity index (χ1n) is 5.40. The number of rotatable bonds is 1. The Kier molecular flexibility index (Phi) is 2.56. The SMILES string of the molecule is Cc1ccc2c(NN)c(C)c(C)nc2c1C. The number of benzene rings is 1. The van der Waals surface area contributed by atoms with Crippen molar-refractivity contribution in [2.24, 2.45) is 5.84 Å². The van der Waals surface area contributed by atoms with E-state index >= 15 is 0 Å². The highest BCUT2D eigenvalue weighted by Crippen LogP contribution is 2.29. The number of aromatic nitrogens is 1. The summed E-state index contributed by atoms with van der Waals surface area (Å²) in [6, 6.07) is 4.18. The average Bonchev–Trinajstić information content (AvgIpc) is 2.27. The van der Waals surface area contributed by atoms with Crippen molar-refractivity contribution in [2.45, 2.75) is 27.7 Å². The summed E-state index contributed by atoms with van der Waals surface area (Å²) in [5, 5.41) is 1.09. The van der Waals surface area contributed by atoms with Gasteiger partial charge in [0.2, 0.25) is 0 Å². The van der Waals surface area contributed by atoms with Gasteiger partial charge in [-0.05, 0) is 44.4 Å². The highest BCUT2D eigenvalue weighted by molar-refractivity contribution is 5.95. The molecule has 2 rings (SSSR count). The molecule has 0 saturated heterocycles. The summed E-state index contributed by atoms with van der Waals surface area (Å²) in [7, 11) is 0. The van der Waals surface area contributed by atoms with Gasteiger partial charge in [0.1, 0.15) is 0 Å². The molecule has 0 aliphatic rings. The molecule has 0 aliphatic heterocycles. The van der Waals surface area contributed by atoms with Gasteiger partial charge in [-0.1, -0.05) is 12.1 Å². The topological polar surface area (TPSA) is 50.9 Å². The minimum Gasteiger partial charge on any atom is -0.323 e. The molecule has 0 fully saturated rings. The number of pyridine rings is 1. The van der Waals surface area contributed by atoms with Crippen molar-refractivity contribution in [3.8, 4) is 0 Å². The highest BCUT2D eigenvalue weighted by atomic mass is 15.2. The van der Waals surface area contributed by atoms with Gasteiger partial charge < -0.3 is 5.43 Å². The van der Waals surface area contributed by atoms with Gasteiger partial charge in [0.25, 0.3) is 0 Å². The Bertz CT molecular complexity index is 559. The lowest BCUT2D eigenvalue weighted by atomic mass is 10.0. The van der Waals surface area contributed by atoms with Gasteiger partial charge in [0.15, 0.2) is 0 Å². The van der Waals surface area contributed by atoms with Crippen molar-refractivity contribution < 1.29 is 0 Å². The van der Waals surface area contributed by atoms with E-state index in [2.05, 4.69) is 36.4 Å². The number of nitrogens with zero attached hydrogens (tertiary/aromatic N) is 1. The zero-order valence-electron chi connectivity index (χ0n) is 10.2. The number of fused-ring (bicyclic) bond motifs is 1. The second kappa shape index (κ2) is 3.76. The molecule has 0 spiro atoms. The van der Waals surface area contributed by atoms with E-state index in [1.54, 1.807) is 0 Å². The third-order valence-corrected chi connectivity index (χ3v) is 3.31. The molecule has 16 heavy (non-hydrogen) atoms. The fraction of sp³-hybridized carbons (Fsp3) is 0.308. The van der Waals surface area contributed by atoms with Gasteiger partial charge in [0.05, 0.1) is 11.2 Å². The summed E-state index contributed by atoms with van der Waals surface area (Å²) in [6.45, 7) is 8.24. The Morgan fingerprint density at radius 3 is 2.38 bits per heavy atom. The molecular weight excluding hydrogens is 198 g/mol. The molecule has 2 aromatic rings. The van der Waals surface area contributed by atoms with Crippen molar-refractivity contribution in [2.75, 3.05) is 5.43 Å². The van der Waals surface area contributed by atoms with E-state index in [0.29, 0.717) is 0 Å². The van der Waals surface area contributed by atoms with Crippen LogP contribution in [-0.2, 0) is 0 Å². The van der Waals surface area contributed by atoms with Crippen LogP contribution in [0, 0.1) is 27.7 Å². The van der Waals surface area contributed by atoms with E-state index in [9.17, 15) is 0 Å². The van der Waals surface area contributed by atoms with Crippen molar-refractivity contribution in [1.29, 1.82) is 0 Å². The summed E-state index contributed by atoms with van der Waals surface area (Å²) in [6.07, 6.45) is 0. The molecule has 1 aromatic heterocycles. The van der Waals surface area contributed by atoms with Crippen LogP contribution in [0.3, 0.4) is 0 Å². The maximum atomic E-state index is 5.60. The molecular formula is C13H17N3. The lowest BCUT2D eigenvalue weighted by Gasteiger charge is -2.14. The maximum absolute atomic E-state index is 5.60. The fourth-order valence-electron chi connectivity index (χ4n) is 1.97. The number of hydrogen-bond donors (Lipinski definition) is 2. The van der Waals surface area contributed by atoms with Crippen LogP contribution in [0.1, 0.15) is 22.4 Å². The zero-order valence-corrected chi connectivity index (χ0v) is 10.2. The highest BCUT2D eigenvalue weighted by Gasteiger charge is 2.10. The minimum atomic E-state index is 0.977. The summed E-state index contributed by atoms with van der Waals surface area (Å²) in [4.78, 5) is 4.65. The molecule has 3 N–H and O–H groups in total. The number of nitrogens with two attached hydrogens (primary N) is 1. The van der Waals surface area contributed by atoms with Gasteiger partial charge in [-0.25, -0.2) is 0 Å². The van der Waals surface area contributed by atoms with Crippen LogP contribution in [0.25, 0.3) is 10.9 Å². The Morgan fingerprint density at radius 1 is 1.06 bits per heavy atom. The first kappa shape index (κ1) is 10.9. The number of nitrogens with one attached hydrogen (secondary N) is 1. The van der Waals surface area contributed by atoms with Crippen LogP contribution >= 0.6 is 0 Å². The van der Waals surface area contributed by atoms with Crippen molar-refractivity contribution in [3.63, 3.8) is 0 Å². The summed E-state index contributed by atoms with van der Waals surface area (Å²) < 4.78 is 0. The molecule has 0 radical (unpaired) electrons. The molecule has 1 heterocycles. The molecule has 1 aromatic carbocycles. The Labute approximate surface area is 95.7 Å². The number of nitrogen functional groups attached to an aromatic ring is 1. The number of aryl methyl sites for hydroxylation is 3. The van der Waals surface area contributed by atoms with E-state index in [-0.39, 0.29) is 0 Å². The maximum Gasteiger partial charge on any atom is 0.0758 e. The van der Waals surface area contributed by atoms with Crippen LogP contribution < -0.4 is 11.3 Å². The molecule has 0 unspecified atom stereocenters. The van der Waals surface area contributed by atoms with Crippen molar-refractivity contribution in [3.05, 3.63) is 34.5 Å². The summed E-state index contributed by atoms with van der Waals surface area (Å²) in [5.74, 6) is 5.60. The van der Waals surface area contributed by atoms with Crippen LogP contribution in [-0.4, -0.2) is 4.98 Å². The van der Waals surface area contributed by atoms with Crippen LogP contribution in [0.2, 0.25) is 0 Å². The molecule has 0 amide bonds. The predicted molar refractivity (Wildman–Crippen MR) is 68.5 cm³/mol. The van der Waals surface area contributed by atoms with Gasteiger partial charge in [-0.2, -0.15) is 0 Å². The molecule has 84 valence electrons. The quantitative estimate of drug-likeness (QED) is 0.568. The van der Waals surface area contributed by atoms with Crippen LogP contribution in [0.15, 0.2) is 12.1 Å². The monoisotopic (exact) mass is 215 g/mol. The van der Waals surface area contributed by atoms with E-state index < -0.39 is 0 Å². The smallest absolute Gasteiger partial charge is 0.0758 e. The number of anilines is 1. The van der Waals surface area contributed by atoms with Crippen LogP contribution in [0.4, 0.5) is 5.69 Å². The van der Waals surface area contributed by atoms with Crippen LogP contribution in [0.5, 0.6) is 0 Å². The lowest BCUT2D eigenvalue weighted by molar-refractivity contribution is 1.17. The Morgan fingerprint density at radius 2 is 1.75 bits per heavy atom. The fourth-order valence-corrected chi connectivity index (χ4v) is 1.97. The van der Waals surface area contributed by atoms with Gasteiger partial charge in [-0.3, -0.25) is 10.8 Å². The zero-order chi connectivity index (χ0) is 11.9. The minimum absolute atomic E-state index is 0.977. The first-order chi connectivity index (χ1) is 7.56. The molecule has 0 bridgehead atoms. The molecule has 0 atom stereocenters. The second-order valence-corrected chi connectivity index (χ2v) is 4.25. The third kappa shape index (κ3) is 1.44. The summed E-state index contributed by atoms with van der Waals surface area (Å²) >= 11 is 0. The van der Waals surface area contributed by atoms with E-state index in [4.69, 9.17) is 5.84 Å². The van der Waals surface area contributed by atoms with Crippen molar-refractivity contribution in [1.82, 2.24) is 4.98 Å². The largest absolute Gasteiger partial charge is 0.323 e. The standard InChI is InChI=1S/C13H17N3/c1-7-5-6-11-12(8(7)2)15-10(4)9(3)13(11)16-14/h5-6H,14H2,1-4H3,(H,15,16). The average molecular weight is 215 g/mol. The molecule has 3 heteroatoms. The normalized spacial score (nSPS) is 10.8. The second-order valence-electron chi connectivity index (χ2n) is 4.25. The number of hydrogen-bond acceptors (Lipinski definition) is 3. The third-order valence-electron chi connectivity index (χ3n) is 3.31. The summed E-state index contributed by atoms with van der Waals surface area (Å²) in [5.41, 5.74) is 9.41. The number of hydrazine groups is 1. The van der Waals surface area contributed by atoms with Gasteiger partial charge >= 0.3 is 0 Å². The van der Waals surface area contributed by atoms with E-state index in [1.807, 2.05) is 13.8 Å². The van der Waals surface area contributed by atoms with E-state index in [0.717, 1.165) is 27.8 Å². The Hall–Kier alpha value is -1.61. The molecule has 0 saturated carbocycles. The van der Waals surface area contributed by atoms with Gasteiger partial charge in [0, 0.05) is 11.1 Å². The van der Waals surface area contributed by atoms with Crippen molar-refractivity contribution >= 4 is 16.6 Å². The first-order valence-corrected chi connectivity index (χ1v) is 5.40. The van der Waals surface area contributed by atoms with E-state index in [1.165, 1.54) is 11.1 Å². The molecule has 3 nitrogen and oxygen atoms in total. The van der Waals surface area contributed by atoms with Gasteiger partial charge in [-0.15, -0.1) is 0 Å². The Balaban J connectivity index is 2.96. The predicted octanol–water partition coefficient (Wildman–Crippen LogP) is 2.75. The molecule has 0 aliphatic carbocycles.